The van der Waals surface area contributed by atoms with E-state index < -0.39 is 6.10 Å². The van der Waals surface area contributed by atoms with E-state index in [9.17, 15) is 5.11 Å². The maximum absolute atomic E-state index is 9.80. The lowest BCUT2D eigenvalue weighted by molar-refractivity contribution is 0.173. The Morgan fingerprint density at radius 1 is 1.15 bits per heavy atom. The van der Waals surface area contributed by atoms with E-state index in [4.69, 9.17) is 5.26 Å². The highest BCUT2D eigenvalue weighted by atomic mass is 16.3. The molecule has 0 heterocycles. The van der Waals surface area contributed by atoms with Crippen LogP contribution in [0.3, 0.4) is 0 Å². The summed E-state index contributed by atoms with van der Waals surface area (Å²) in [5.41, 5.74) is 3.42. The predicted octanol–water partition coefficient (Wildman–Crippen LogP) is 3.77. The number of anilines is 2. The monoisotopic (exact) mass is 266 g/mol. The molecular formula is C17H18N2O. The molecule has 2 rings (SSSR count). The summed E-state index contributed by atoms with van der Waals surface area (Å²) in [5.74, 6) is 0. The number of aliphatic hydroxyl groups excluding tert-OH is 1. The topological polar surface area (TPSA) is 47.3 Å². The summed E-state index contributed by atoms with van der Waals surface area (Å²) in [6.45, 7) is 1.95. The van der Waals surface area contributed by atoms with Crippen molar-refractivity contribution in [2.45, 2.75) is 19.4 Å². The van der Waals surface area contributed by atoms with Crippen molar-refractivity contribution in [3.8, 4) is 6.07 Å². The van der Waals surface area contributed by atoms with E-state index in [0.717, 1.165) is 16.9 Å². The maximum atomic E-state index is 9.80. The first-order valence-corrected chi connectivity index (χ1v) is 6.68. The lowest BCUT2D eigenvalue weighted by Gasteiger charge is -2.21. The maximum Gasteiger partial charge on any atom is 0.101 e. The Bertz CT molecular complexity index is 614. The van der Waals surface area contributed by atoms with E-state index in [1.54, 1.807) is 6.07 Å². The van der Waals surface area contributed by atoms with Crippen molar-refractivity contribution in [1.82, 2.24) is 0 Å². The Balaban J connectivity index is 2.30. The summed E-state index contributed by atoms with van der Waals surface area (Å²) < 4.78 is 0. The van der Waals surface area contributed by atoms with Crippen molar-refractivity contribution in [2.75, 3.05) is 11.9 Å². The molecule has 2 aromatic carbocycles. The molecule has 0 bridgehead atoms. The molecule has 0 unspecified atom stereocenters. The van der Waals surface area contributed by atoms with Crippen LogP contribution in [0.25, 0.3) is 0 Å². The van der Waals surface area contributed by atoms with Gasteiger partial charge < -0.3 is 10.0 Å². The van der Waals surface area contributed by atoms with Crippen molar-refractivity contribution in [2.24, 2.45) is 0 Å². The zero-order valence-corrected chi connectivity index (χ0v) is 11.7. The van der Waals surface area contributed by atoms with Crippen LogP contribution in [0.4, 0.5) is 11.4 Å². The van der Waals surface area contributed by atoms with Crippen LogP contribution in [-0.2, 0) is 0 Å². The molecule has 102 valence electrons. The third-order valence-corrected chi connectivity index (χ3v) is 3.44. The van der Waals surface area contributed by atoms with E-state index in [0.29, 0.717) is 12.0 Å². The fourth-order valence-corrected chi connectivity index (χ4v) is 2.16. The number of para-hydroxylation sites is 1. The molecule has 3 heteroatoms. The molecule has 2 aromatic rings. The van der Waals surface area contributed by atoms with Gasteiger partial charge in [0.05, 0.1) is 17.4 Å². The summed E-state index contributed by atoms with van der Waals surface area (Å²) in [4.78, 5) is 1.97. The minimum Gasteiger partial charge on any atom is -0.388 e. The molecule has 3 nitrogen and oxygen atoms in total. The molecular weight excluding hydrogens is 248 g/mol. The van der Waals surface area contributed by atoms with Gasteiger partial charge in [-0.25, -0.2) is 0 Å². The second kappa shape index (κ2) is 6.23. The van der Waals surface area contributed by atoms with E-state index >= 15 is 0 Å². The summed E-state index contributed by atoms with van der Waals surface area (Å²) in [6, 6.07) is 17.5. The average Bonchev–Trinajstić information content (AvgIpc) is 2.53. The molecule has 20 heavy (non-hydrogen) atoms. The first-order chi connectivity index (χ1) is 9.67. The second-order valence-electron chi connectivity index (χ2n) is 4.70. The highest BCUT2D eigenvalue weighted by Gasteiger charge is 2.10. The molecule has 0 spiro atoms. The summed E-state index contributed by atoms with van der Waals surface area (Å²) in [6.07, 6.45) is 0.285. The molecule has 0 aliphatic rings. The first-order valence-electron chi connectivity index (χ1n) is 6.68. The summed E-state index contributed by atoms with van der Waals surface area (Å²) in [7, 11) is 1.93. The van der Waals surface area contributed by atoms with E-state index in [2.05, 4.69) is 6.07 Å². The van der Waals surface area contributed by atoms with Gasteiger partial charge >= 0.3 is 0 Å². The Hall–Kier alpha value is -2.31. The fourth-order valence-electron chi connectivity index (χ4n) is 2.16. The summed E-state index contributed by atoms with van der Waals surface area (Å²) in [5, 5.41) is 19.0. The molecule has 0 aromatic heterocycles. The normalized spacial score (nSPS) is 11.7. The number of nitrogens with zero attached hydrogens (tertiary/aromatic N) is 2. The third kappa shape index (κ3) is 2.81. The molecule has 0 aliphatic heterocycles. The highest BCUT2D eigenvalue weighted by molar-refractivity contribution is 5.68. The van der Waals surface area contributed by atoms with Crippen LogP contribution in [0.5, 0.6) is 0 Å². The van der Waals surface area contributed by atoms with E-state index in [-0.39, 0.29) is 0 Å². The van der Waals surface area contributed by atoms with E-state index in [1.165, 1.54) is 0 Å². The van der Waals surface area contributed by atoms with Crippen LogP contribution in [0.15, 0.2) is 48.5 Å². The Labute approximate surface area is 119 Å². The molecule has 1 atom stereocenters. The van der Waals surface area contributed by atoms with Crippen molar-refractivity contribution in [3.05, 3.63) is 59.7 Å². The van der Waals surface area contributed by atoms with Gasteiger partial charge in [0.2, 0.25) is 0 Å². The van der Waals surface area contributed by atoms with Crippen LogP contribution in [-0.4, -0.2) is 12.2 Å². The third-order valence-electron chi connectivity index (χ3n) is 3.44. The van der Waals surface area contributed by atoms with Gasteiger partial charge in [-0.05, 0) is 36.2 Å². The second-order valence-corrected chi connectivity index (χ2v) is 4.70. The molecule has 0 aliphatic carbocycles. The standard InChI is InChI=1S/C17H18N2O/c1-3-17(20)13-8-10-15(11-9-13)19(2)16-7-5-4-6-14(16)12-18/h4-11,17,20H,3H2,1-2H3/t17-/m1/s1. The van der Waals surface area contributed by atoms with Crippen LogP contribution < -0.4 is 4.90 Å². The fraction of sp³-hybridized carbons (Fsp3) is 0.235. The molecule has 0 amide bonds. The largest absolute Gasteiger partial charge is 0.388 e. The highest BCUT2D eigenvalue weighted by Crippen LogP contribution is 2.28. The average molecular weight is 266 g/mol. The van der Waals surface area contributed by atoms with Crippen molar-refractivity contribution < 1.29 is 5.11 Å². The SMILES string of the molecule is CC[C@@H](O)c1ccc(N(C)c2ccccc2C#N)cc1. The van der Waals surface area contributed by atoms with Gasteiger partial charge in [-0.3, -0.25) is 0 Å². The Kier molecular flexibility index (Phi) is 4.39. The Morgan fingerprint density at radius 2 is 1.80 bits per heavy atom. The number of benzene rings is 2. The number of rotatable bonds is 4. The number of hydrogen-bond donors (Lipinski definition) is 1. The van der Waals surface area contributed by atoms with Gasteiger partial charge in [-0.2, -0.15) is 5.26 Å². The first kappa shape index (κ1) is 14.1. The molecule has 1 N–H and O–H groups in total. The van der Waals surface area contributed by atoms with Crippen LogP contribution in [0.2, 0.25) is 0 Å². The van der Waals surface area contributed by atoms with Crippen LogP contribution in [0, 0.1) is 11.3 Å². The smallest absolute Gasteiger partial charge is 0.101 e. The number of nitriles is 1. The van der Waals surface area contributed by atoms with Crippen molar-refractivity contribution in [3.63, 3.8) is 0 Å². The van der Waals surface area contributed by atoms with Gasteiger partial charge in [-0.1, -0.05) is 31.2 Å². The van der Waals surface area contributed by atoms with E-state index in [1.807, 2.05) is 61.3 Å². The summed E-state index contributed by atoms with van der Waals surface area (Å²) >= 11 is 0. The van der Waals surface area contributed by atoms with Gasteiger partial charge in [0.15, 0.2) is 0 Å². The zero-order chi connectivity index (χ0) is 14.5. The lowest BCUT2D eigenvalue weighted by atomic mass is 10.1. The minimum atomic E-state index is -0.416. The van der Waals surface area contributed by atoms with Crippen LogP contribution >= 0.6 is 0 Å². The van der Waals surface area contributed by atoms with Gasteiger partial charge in [0.1, 0.15) is 6.07 Å². The molecule has 0 radical (unpaired) electrons. The predicted molar refractivity (Wildman–Crippen MR) is 80.9 cm³/mol. The van der Waals surface area contributed by atoms with Gasteiger partial charge in [0.25, 0.3) is 0 Å². The zero-order valence-electron chi connectivity index (χ0n) is 11.7. The Morgan fingerprint density at radius 3 is 2.40 bits per heavy atom. The van der Waals surface area contributed by atoms with Crippen molar-refractivity contribution in [1.29, 1.82) is 5.26 Å². The van der Waals surface area contributed by atoms with Crippen molar-refractivity contribution >= 4 is 11.4 Å². The molecule has 0 saturated heterocycles. The quantitative estimate of drug-likeness (QED) is 0.916. The van der Waals surface area contributed by atoms with Crippen LogP contribution in [0.1, 0.15) is 30.6 Å². The lowest BCUT2D eigenvalue weighted by Crippen LogP contribution is -2.11. The van der Waals surface area contributed by atoms with Gasteiger partial charge in [-0.15, -0.1) is 0 Å². The van der Waals surface area contributed by atoms with Gasteiger partial charge in [0, 0.05) is 12.7 Å². The molecule has 0 saturated carbocycles. The minimum absolute atomic E-state index is 0.416. The number of aliphatic hydroxyl groups is 1. The molecule has 0 fully saturated rings. The number of hydrogen-bond acceptors (Lipinski definition) is 3.